The molecule has 0 bridgehead atoms. The minimum absolute atomic E-state index is 0.0637. The molecule has 0 saturated carbocycles. The highest BCUT2D eigenvalue weighted by Gasteiger charge is 2.29. The predicted octanol–water partition coefficient (Wildman–Crippen LogP) is 0.0290. The second-order valence-electron chi connectivity index (χ2n) is 3.88. The second kappa shape index (κ2) is 4.30. The quantitative estimate of drug-likeness (QED) is 0.762. The van der Waals surface area contributed by atoms with E-state index in [-0.39, 0.29) is 17.7 Å². The Hall–Kier alpha value is -1.91. The Kier molecular flexibility index (Phi) is 2.85. The molecule has 5 heteroatoms. The third-order valence-corrected chi connectivity index (χ3v) is 2.81. The van der Waals surface area contributed by atoms with Gasteiger partial charge in [-0.25, -0.2) is 0 Å². The third kappa shape index (κ3) is 2.03. The number of hydrogen-bond donors (Lipinski definition) is 1. The highest BCUT2D eigenvalue weighted by molar-refractivity contribution is 5.94. The van der Waals surface area contributed by atoms with Crippen LogP contribution in [0.2, 0.25) is 0 Å². The van der Waals surface area contributed by atoms with Gasteiger partial charge in [-0.2, -0.15) is 0 Å². The summed E-state index contributed by atoms with van der Waals surface area (Å²) in [4.78, 5) is 28.5. The molecular weight excluding hydrogens is 206 g/mol. The number of pyridine rings is 1. The van der Waals surface area contributed by atoms with Crippen LogP contribution < -0.4 is 5.73 Å². The lowest BCUT2D eigenvalue weighted by Crippen LogP contribution is -2.31. The molecule has 1 saturated heterocycles. The first-order valence-corrected chi connectivity index (χ1v) is 5.17. The molecule has 2 N–H and O–H groups in total. The van der Waals surface area contributed by atoms with E-state index < -0.39 is 0 Å². The molecule has 1 atom stereocenters. The molecule has 0 radical (unpaired) electrons. The fourth-order valence-corrected chi connectivity index (χ4v) is 1.85. The summed E-state index contributed by atoms with van der Waals surface area (Å²) in [5.74, 6) is -0.595. The van der Waals surface area contributed by atoms with Crippen molar-refractivity contribution in [3.63, 3.8) is 0 Å². The number of nitrogens with two attached hydrogens (primary N) is 1. The maximum atomic E-state index is 12.0. The number of nitrogens with zero attached hydrogens (tertiary/aromatic N) is 2. The van der Waals surface area contributed by atoms with Crippen LogP contribution in [-0.2, 0) is 4.79 Å². The van der Waals surface area contributed by atoms with Crippen LogP contribution in [0.1, 0.15) is 16.8 Å². The van der Waals surface area contributed by atoms with Crippen molar-refractivity contribution >= 4 is 11.8 Å². The molecule has 2 heterocycles. The number of amides is 2. The fraction of sp³-hybridized carbons (Fsp3) is 0.364. The van der Waals surface area contributed by atoms with E-state index in [9.17, 15) is 9.59 Å². The summed E-state index contributed by atoms with van der Waals surface area (Å²) < 4.78 is 0. The van der Waals surface area contributed by atoms with Gasteiger partial charge in [0.25, 0.3) is 5.91 Å². The molecule has 84 valence electrons. The van der Waals surface area contributed by atoms with E-state index in [1.807, 2.05) is 0 Å². The van der Waals surface area contributed by atoms with E-state index in [1.165, 1.54) is 0 Å². The Morgan fingerprint density at radius 3 is 2.62 bits per heavy atom. The summed E-state index contributed by atoms with van der Waals surface area (Å²) in [6, 6.07) is 3.33. The number of likely N-dealkylation sites (tertiary alicyclic amines) is 1. The zero-order valence-corrected chi connectivity index (χ0v) is 8.80. The van der Waals surface area contributed by atoms with Crippen molar-refractivity contribution < 1.29 is 9.59 Å². The maximum Gasteiger partial charge on any atom is 0.253 e. The largest absolute Gasteiger partial charge is 0.369 e. The van der Waals surface area contributed by atoms with E-state index in [0.29, 0.717) is 25.1 Å². The minimum atomic E-state index is -0.329. The molecule has 0 spiro atoms. The molecule has 1 aromatic rings. The number of carbonyl (C=O) groups is 2. The van der Waals surface area contributed by atoms with Crippen molar-refractivity contribution in [1.82, 2.24) is 9.88 Å². The van der Waals surface area contributed by atoms with Crippen LogP contribution in [0.3, 0.4) is 0 Å². The van der Waals surface area contributed by atoms with Crippen LogP contribution in [0, 0.1) is 5.92 Å². The van der Waals surface area contributed by atoms with Gasteiger partial charge in [-0.3, -0.25) is 14.6 Å². The van der Waals surface area contributed by atoms with Gasteiger partial charge < -0.3 is 10.6 Å². The van der Waals surface area contributed by atoms with E-state index in [4.69, 9.17) is 5.73 Å². The number of rotatable bonds is 2. The Bertz CT molecular complexity index is 405. The molecular formula is C11H13N3O2. The van der Waals surface area contributed by atoms with Gasteiger partial charge in [0.1, 0.15) is 0 Å². The average molecular weight is 219 g/mol. The third-order valence-electron chi connectivity index (χ3n) is 2.81. The van der Waals surface area contributed by atoms with Gasteiger partial charge in [0.2, 0.25) is 5.91 Å². The Balaban J connectivity index is 2.05. The van der Waals surface area contributed by atoms with Crippen LogP contribution in [0.4, 0.5) is 0 Å². The summed E-state index contributed by atoms with van der Waals surface area (Å²) in [6.07, 6.45) is 3.82. The summed E-state index contributed by atoms with van der Waals surface area (Å²) in [5.41, 5.74) is 5.81. The van der Waals surface area contributed by atoms with Gasteiger partial charge in [0.05, 0.1) is 5.92 Å². The van der Waals surface area contributed by atoms with E-state index in [2.05, 4.69) is 4.98 Å². The zero-order valence-electron chi connectivity index (χ0n) is 8.80. The zero-order chi connectivity index (χ0) is 11.5. The van der Waals surface area contributed by atoms with Crippen molar-refractivity contribution in [3.05, 3.63) is 30.1 Å². The standard InChI is InChI=1S/C11H13N3O2/c12-10(15)9-3-6-14(7-9)11(16)8-1-4-13-5-2-8/h1-2,4-5,9H,3,6-7H2,(H2,12,15)/t9-/m1/s1. The van der Waals surface area contributed by atoms with Crippen molar-refractivity contribution in [2.45, 2.75) is 6.42 Å². The van der Waals surface area contributed by atoms with Gasteiger partial charge in [-0.15, -0.1) is 0 Å². The van der Waals surface area contributed by atoms with Crippen LogP contribution >= 0.6 is 0 Å². The van der Waals surface area contributed by atoms with Gasteiger partial charge in [0, 0.05) is 31.0 Å². The molecule has 2 rings (SSSR count). The monoisotopic (exact) mass is 219 g/mol. The highest BCUT2D eigenvalue weighted by Crippen LogP contribution is 2.17. The molecule has 1 aromatic heterocycles. The lowest BCUT2D eigenvalue weighted by Gasteiger charge is -2.15. The first-order valence-electron chi connectivity index (χ1n) is 5.17. The number of aromatic nitrogens is 1. The first-order chi connectivity index (χ1) is 7.68. The SMILES string of the molecule is NC(=O)[C@@H]1CCN(C(=O)c2ccncc2)C1. The summed E-state index contributed by atoms with van der Waals surface area (Å²) >= 11 is 0. The molecule has 5 nitrogen and oxygen atoms in total. The topological polar surface area (TPSA) is 76.3 Å². The smallest absolute Gasteiger partial charge is 0.253 e. The molecule has 0 aliphatic carbocycles. The maximum absolute atomic E-state index is 12.0. The minimum Gasteiger partial charge on any atom is -0.369 e. The van der Waals surface area contributed by atoms with Crippen molar-refractivity contribution in [2.24, 2.45) is 11.7 Å². The molecule has 1 aliphatic rings. The Morgan fingerprint density at radius 1 is 1.38 bits per heavy atom. The van der Waals surface area contributed by atoms with Crippen molar-refractivity contribution in [1.29, 1.82) is 0 Å². The van der Waals surface area contributed by atoms with Crippen LogP contribution in [0.15, 0.2) is 24.5 Å². The Labute approximate surface area is 93.3 Å². The van der Waals surface area contributed by atoms with Crippen molar-refractivity contribution in [3.8, 4) is 0 Å². The summed E-state index contributed by atoms with van der Waals surface area (Å²) in [5, 5.41) is 0. The van der Waals surface area contributed by atoms with Crippen molar-refractivity contribution in [2.75, 3.05) is 13.1 Å². The van der Waals surface area contributed by atoms with E-state index >= 15 is 0 Å². The summed E-state index contributed by atoms with van der Waals surface area (Å²) in [7, 11) is 0. The number of primary amides is 1. The van der Waals surface area contributed by atoms with Gasteiger partial charge in [-0.05, 0) is 18.6 Å². The molecule has 1 fully saturated rings. The fourth-order valence-electron chi connectivity index (χ4n) is 1.85. The first kappa shape index (κ1) is 10.6. The lowest BCUT2D eigenvalue weighted by molar-refractivity contribution is -0.121. The normalized spacial score (nSPS) is 19.8. The predicted molar refractivity (Wildman–Crippen MR) is 57.4 cm³/mol. The van der Waals surface area contributed by atoms with Crippen LogP contribution in [0.5, 0.6) is 0 Å². The van der Waals surface area contributed by atoms with E-state index in [1.54, 1.807) is 29.4 Å². The van der Waals surface area contributed by atoms with E-state index in [0.717, 1.165) is 0 Å². The molecule has 16 heavy (non-hydrogen) atoms. The van der Waals surface area contributed by atoms with Crippen LogP contribution in [-0.4, -0.2) is 34.8 Å². The molecule has 2 amide bonds. The average Bonchev–Trinajstić information content (AvgIpc) is 2.78. The molecule has 1 aliphatic heterocycles. The Morgan fingerprint density at radius 2 is 2.06 bits per heavy atom. The van der Waals surface area contributed by atoms with Gasteiger partial charge in [0.15, 0.2) is 0 Å². The van der Waals surface area contributed by atoms with Crippen LogP contribution in [0.25, 0.3) is 0 Å². The number of carbonyl (C=O) groups excluding carboxylic acids is 2. The highest BCUT2D eigenvalue weighted by atomic mass is 16.2. The molecule has 0 aromatic carbocycles. The lowest BCUT2D eigenvalue weighted by atomic mass is 10.1. The number of hydrogen-bond acceptors (Lipinski definition) is 3. The van der Waals surface area contributed by atoms with Gasteiger partial charge in [-0.1, -0.05) is 0 Å². The summed E-state index contributed by atoms with van der Waals surface area (Å²) in [6.45, 7) is 1.02. The molecule has 0 unspecified atom stereocenters. The van der Waals surface area contributed by atoms with Gasteiger partial charge >= 0.3 is 0 Å². The second-order valence-corrected chi connectivity index (χ2v) is 3.88.